The molecule has 1 fully saturated rings. The lowest BCUT2D eigenvalue weighted by Gasteiger charge is -2.30. The molecule has 0 saturated carbocycles. The molecule has 0 spiro atoms. The fraction of sp³-hybridized carbons (Fsp3) is 0.455. The number of anilines is 1. The summed E-state index contributed by atoms with van der Waals surface area (Å²) in [6.07, 6.45) is -1.20. The molecule has 3 rings (SSSR count). The average Bonchev–Trinajstić information content (AvgIpc) is 3.02. The highest BCUT2D eigenvalue weighted by atomic mass is 16.6. The van der Waals surface area contributed by atoms with E-state index in [1.54, 1.807) is 0 Å². The predicted molar refractivity (Wildman–Crippen MR) is 70.9 cm³/mol. The van der Waals surface area contributed by atoms with Gasteiger partial charge in [-0.05, 0) is 0 Å². The Bertz CT molecular complexity index is 707. The molecule has 6 N–H and O–H groups in total. The molecule has 11 heteroatoms. The van der Waals surface area contributed by atoms with Crippen LogP contribution in [-0.2, 0) is 9.53 Å². The number of imidazole rings is 1. The Kier molecular flexibility index (Phi) is 3.41. The zero-order chi connectivity index (χ0) is 15.9. The lowest BCUT2D eigenvalue weighted by atomic mass is 10.0. The highest BCUT2D eigenvalue weighted by Gasteiger charge is 2.56. The zero-order valence-electron chi connectivity index (χ0n) is 11.2. The van der Waals surface area contributed by atoms with Gasteiger partial charge in [-0.25, -0.2) is 15.0 Å². The van der Waals surface area contributed by atoms with Crippen molar-refractivity contribution in [1.82, 2.24) is 24.8 Å². The minimum Gasteiger partial charge on any atom is -0.394 e. The van der Waals surface area contributed by atoms with E-state index in [1.807, 2.05) is 0 Å². The van der Waals surface area contributed by atoms with E-state index in [0.717, 1.165) is 0 Å². The molecule has 0 radical (unpaired) electrons. The Labute approximate surface area is 123 Å². The summed E-state index contributed by atoms with van der Waals surface area (Å²) in [4.78, 5) is 22.6. The van der Waals surface area contributed by atoms with Crippen molar-refractivity contribution in [3.05, 3.63) is 12.7 Å². The van der Waals surface area contributed by atoms with E-state index in [9.17, 15) is 20.1 Å². The number of rotatable bonds is 4. The van der Waals surface area contributed by atoms with Gasteiger partial charge in [-0.3, -0.25) is 9.36 Å². The summed E-state index contributed by atoms with van der Waals surface area (Å²) in [5, 5.41) is 32.0. The van der Waals surface area contributed by atoms with Gasteiger partial charge in [0.05, 0.1) is 12.9 Å². The summed E-state index contributed by atoms with van der Waals surface area (Å²) in [5.41, 5.74) is 4.04. The van der Waals surface area contributed by atoms with Crippen LogP contribution in [-0.4, -0.2) is 65.8 Å². The van der Waals surface area contributed by atoms with E-state index in [0.29, 0.717) is 0 Å². The SMILES string of the molecule is Nc1ncnc2c1ncn2[C@@H]1O[C@H](CO)[C@@H](O)[C@]1(O)NC=O. The quantitative estimate of drug-likeness (QED) is 0.293. The van der Waals surface area contributed by atoms with Crippen LogP contribution >= 0.6 is 0 Å². The summed E-state index contributed by atoms with van der Waals surface area (Å²) >= 11 is 0. The van der Waals surface area contributed by atoms with E-state index in [4.69, 9.17) is 10.5 Å². The van der Waals surface area contributed by atoms with Crippen LogP contribution in [0.5, 0.6) is 0 Å². The number of carbonyl (C=O) groups excluding carboxylic acids is 1. The van der Waals surface area contributed by atoms with E-state index in [2.05, 4.69) is 20.3 Å². The number of aliphatic hydroxyl groups is 3. The molecular formula is C11H14N6O5. The maximum absolute atomic E-state index is 10.8. The number of hydrogen-bond donors (Lipinski definition) is 5. The number of fused-ring (bicyclic) bond motifs is 1. The predicted octanol–water partition coefficient (Wildman–Crippen LogP) is -2.91. The molecular weight excluding hydrogens is 296 g/mol. The van der Waals surface area contributed by atoms with Gasteiger partial charge in [0.2, 0.25) is 12.1 Å². The number of nitrogens with one attached hydrogen (secondary N) is 1. The number of nitrogens with two attached hydrogens (primary N) is 1. The van der Waals surface area contributed by atoms with Crippen molar-refractivity contribution in [3.63, 3.8) is 0 Å². The fourth-order valence-corrected chi connectivity index (χ4v) is 2.49. The van der Waals surface area contributed by atoms with Gasteiger partial charge in [0.25, 0.3) is 0 Å². The van der Waals surface area contributed by atoms with Crippen molar-refractivity contribution in [3.8, 4) is 0 Å². The molecule has 0 aliphatic carbocycles. The molecule has 118 valence electrons. The van der Waals surface area contributed by atoms with Crippen LogP contribution in [0.25, 0.3) is 11.2 Å². The van der Waals surface area contributed by atoms with E-state index in [1.165, 1.54) is 17.2 Å². The molecule has 0 aromatic carbocycles. The second-order valence-corrected chi connectivity index (χ2v) is 4.82. The Hall–Kier alpha value is -2.34. The Morgan fingerprint density at radius 2 is 2.27 bits per heavy atom. The number of nitrogen functional groups attached to an aromatic ring is 1. The molecule has 3 heterocycles. The second kappa shape index (κ2) is 5.14. The first-order valence-electron chi connectivity index (χ1n) is 6.34. The number of carbonyl (C=O) groups is 1. The molecule has 2 aromatic heterocycles. The summed E-state index contributed by atoms with van der Waals surface area (Å²) in [6.45, 7) is -0.551. The van der Waals surface area contributed by atoms with Crippen molar-refractivity contribution < 1.29 is 24.9 Å². The number of hydrogen-bond acceptors (Lipinski definition) is 9. The Morgan fingerprint density at radius 3 is 2.95 bits per heavy atom. The van der Waals surface area contributed by atoms with Gasteiger partial charge in [-0.2, -0.15) is 0 Å². The lowest BCUT2D eigenvalue weighted by molar-refractivity contribution is -0.143. The fourth-order valence-electron chi connectivity index (χ4n) is 2.49. The van der Waals surface area contributed by atoms with Crippen LogP contribution in [0.1, 0.15) is 6.23 Å². The van der Waals surface area contributed by atoms with Crippen molar-refractivity contribution >= 4 is 23.4 Å². The van der Waals surface area contributed by atoms with Crippen LogP contribution in [0.3, 0.4) is 0 Å². The monoisotopic (exact) mass is 310 g/mol. The molecule has 0 unspecified atom stereocenters. The number of amides is 1. The zero-order valence-corrected chi connectivity index (χ0v) is 11.2. The van der Waals surface area contributed by atoms with Crippen LogP contribution in [0, 0.1) is 0 Å². The van der Waals surface area contributed by atoms with Gasteiger partial charge in [0.1, 0.15) is 24.1 Å². The van der Waals surface area contributed by atoms with Crippen molar-refractivity contribution in [2.75, 3.05) is 12.3 Å². The topological polar surface area (TPSA) is 169 Å². The molecule has 22 heavy (non-hydrogen) atoms. The number of aromatic nitrogens is 4. The molecule has 11 nitrogen and oxygen atoms in total. The van der Waals surface area contributed by atoms with Gasteiger partial charge in [-0.15, -0.1) is 0 Å². The summed E-state index contributed by atoms with van der Waals surface area (Å²) in [5.74, 6) is 0.132. The first-order chi connectivity index (χ1) is 10.5. The van der Waals surface area contributed by atoms with Crippen molar-refractivity contribution in [1.29, 1.82) is 0 Å². The standard InChI is InChI=1S/C11H14N6O5/c12-8-6-9(14-2-13-8)17(3-15-6)10-11(21,16-4-19)7(20)5(1-18)22-10/h2-5,7,10,18,20-21H,1H2,(H,16,19)(H2,12,13,14)/t5-,7-,10-,11-/m1/s1. The minimum absolute atomic E-state index is 0.132. The molecule has 2 aromatic rings. The molecule has 1 amide bonds. The third-order valence-corrected chi connectivity index (χ3v) is 3.59. The van der Waals surface area contributed by atoms with Crippen LogP contribution in [0.15, 0.2) is 12.7 Å². The van der Waals surface area contributed by atoms with Gasteiger partial charge in [0.15, 0.2) is 17.7 Å². The molecule has 1 aliphatic heterocycles. The molecule has 1 saturated heterocycles. The van der Waals surface area contributed by atoms with E-state index < -0.39 is 30.8 Å². The third-order valence-electron chi connectivity index (χ3n) is 3.59. The Balaban J connectivity index is 2.11. The van der Waals surface area contributed by atoms with Crippen LogP contribution in [0.4, 0.5) is 5.82 Å². The normalized spacial score (nSPS) is 31.5. The maximum Gasteiger partial charge on any atom is 0.213 e. The van der Waals surface area contributed by atoms with Crippen molar-refractivity contribution in [2.45, 2.75) is 24.2 Å². The van der Waals surface area contributed by atoms with Gasteiger partial charge in [0, 0.05) is 0 Å². The van der Waals surface area contributed by atoms with Gasteiger partial charge in [-0.1, -0.05) is 0 Å². The minimum atomic E-state index is -2.16. The largest absolute Gasteiger partial charge is 0.394 e. The number of ether oxygens (including phenoxy) is 1. The lowest BCUT2D eigenvalue weighted by Crippen LogP contribution is -2.57. The van der Waals surface area contributed by atoms with Crippen LogP contribution < -0.4 is 11.1 Å². The van der Waals surface area contributed by atoms with Crippen molar-refractivity contribution in [2.24, 2.45) is 0 Å². The second-order valence-electron chi connectivity index (χ2n) is 4.82. The average molecular weight is 310 g/mol. The highest BCUT2D eigenvalue weighted by Crippen LogP contribution is 2.37. The van der Waals surface area contributed by atoms with E-state index in [-0.39, 0.29) is 23.4 Å². The highest BCUT2D eigenvalue weighted by molar-refractivity contribution is 5.81. The Morgan fingerprint density at radius 1 is 1.50 bits per heavy atom. The molecule has 4 atom stereocenters. The molecule has 0 bridgehead atoms. The number of nitrogens with zero attached hydrogens (tertiary/aromatic N) is 4. The van der Waals surface area contributed by atoms with E-state index >= 15 is 0 Å². The summed E-state index contributed by atoms with van der Waals surface area (Å²) in [6, 6.07) is 0. The first kappa shape index (κ1) is 14.6. The van der Waals surface area contributed by atoms with Crippen LogP contribution in [0.2, 0.25) is 0 Å². The third kappa shape index (κ3) is 1.91. The first-order valence-corrected chi connectivity index (χ1v) is 6.34. The van der Waals surface area contributed by atoms with Gasteiger partial charge >= 0.3 is 0 Å². The summed E-state index contributed by atoms with van der Waals surface area (Å²) < 4.78 is 6.73. The van der Waals surface area contributed by atoms with Gasteiger partial charge < -0.3 is 31.1 Å². The number of aliphatic hydroxyl groups excluding tert-OH is 2. The molecule has 1 aliphatic rings. The smallest absolute Gasteiger partial charge is 0.213 e. The summed E-state index contributed by atoms with van der Waals surface area (Å²) in [7, 11) is 0. The maximum atomic E-state index is 10.8.